The molecule has 154 valence electrons. The summed E-state index contributed by atoms with van der Waals surface area (Å²) in [5.41, 5.74) is 4.24. The molecule has 3 rings (SSSR count). The van der Waals surface area contributed by atoms with Crippen LogP contribution in [0.1, 0.15) is 47.2 Å². The van der Waals surface area contributed by atoms with Crippen molar-refractivity contribution in [3.8, 4) is 0 Å². The molecule has 0 saturated carbocycles. The number of nitrogens with one attached hydrogen (secondary N) is 1. The number of rotatable bonds is 8. The third kappa shape index (κ3) is 6.39. The van der Waals surface area contributed by atoms with Crippen molar-refractivity contribution in [3.05, 3.63) is 81.3 Å². The van der Waals surface area contributed by atoms with Crippen LogP contribution < -0.4 is 5.32 Å². The topological polar surface area (TPSA) is 79.3 Å². The van der Waals surface area contributed by atoms with Crippen molar-refractivity contribution >= 4 is 41.1 Å². The standard InChI is InChI=1S/C24H24N2O3S/c1-16(2)21-15-30-23(26-21)10-9-17-5-4-8-20(12-17)25-22(27)13-18-6-3-7-19(11-18)14-24(28)29/h3-12,15-16H,13-14H2,1-2H3,(H,25,27)(H,28,29)/b10-9+. The van der Waals surface area contributed by atoms with E-state index in [9.17, 15) is 9.59 Å². The molecule has 1 aromatic heterocycles. The van der Waals surface area contributed by atoms with Crippen LogP contribution in [0.2, 0.25) is 0 Å². The van der Waals surface area contributed by atoms with E-state index in [1.165, 1.54) is 0 Å². The number of carboxylic acids is 1. The average molecular weight is 421 g/mol. The van der Waals surface area contributed by atoms with E-state index in [0.29, 0.717) is 17.2 Å². The lowest BCUT2D eigenvalue weighted by molar-refractivity contribution is -0.136. The first-order valence-electron chi connectivity index (χ1n) is 9.72. The summed E-state index contributed by atoms with van der Waals surface area (Å²) in [6.07, 6.45) is 4.09. The van der Waals surface area contributed by atoms with Crippen LogP contribution in [0.15, 0.2) is 53.9 Å². The second-order valence-corrected chi connectivity index (χ2v) is 8.23. The molecular weight excluding hydrogens is 396 g/mol. The summed E-state index contributed by atoms with van der Waals surface area (Å²) in [6.45, 7) is 4.24. The van der Waals surface area contributed by atoms with Crippen LogP contribution in [0.25, 0.3) is 12.2 Å². The zero-order valence-corrected chi connectivity index (χ0v) is 17.8. The Hall–Kier alpha value is -3.25. The van der Waals surface area contributed by atoms with Crippen LogP contribution in [0.5, 0.6) is 0 Å². The van der Waals surface area contributed by atoms with Crippen LogP contribution in [0.4, 0.5) is 5.69 Å². The maximum atomic E-state index is 12.4. The van der Waals surface area contributed by atoms with Gasteiger partial charge in [0, 0.05) is 11.1 Å². The zero-order chi connectivity index (χ0) is 21.5. The van der Waals surface area contributed by atoms with Gasteiger partial charge in [-0.3, -0.25) is 9.59 Å². The van der Waals surface area contributed by atoms with Gasteiger partial charge < -0.3 is 10.4 Å². The fraction of sp³-hybridized carbons (Fsp3) is 0.208. The molecule has 0 bridgehead atoms. The molecule has 0 fully saturated rings. The highest BCUT2D eigenvalue weighted by Gasteiger charge is 2.07. The van der Waals surface area contributed by atoms with Crippen LogP contribution in [0.3, 0.4) is 0 Å². The van der Waals surface area contributed by atoms with Crippen molar-refractivity contribution in [1.29, 1.82) is 0 Å². The van der Waals surface area contributed by atoms with Crippen molar-refractivity contribution in [2.75, 3.05) is 5.32 Å². The number of aromatic nitrogens is 1. The predicted octanol–water partition coefficient (Wildman–Crippen LogP) is 5.25. The molecule has 0 radical (unpaired) electrons. The Kier molecular flexibility index (Phi) is 7.14. The van der Waals surface area contributed by atoms with Gasteiger partial charge in [-0.25, -0.2) is 4.98 Å². The largest absolute Gasteiger partial charge is 0.481 e. The fourth-order valence-corrected chi connectivity index (χ4v) is 3.82. The first-order chi connectivity index (χ1) is 14.4. The molecule has 0 saturated heterocycles. The van der Waals surface area contributed by atoms with Gasteiger partial charge >= 0.3 is 5.97 Å². The molecule has 2 aromatic carbocycles. The molecule has 5 nitrogen and oxygen atoms in total. The molecule has 0 aliphatic carbocycles. The minimum absolute atomic E-state index is 0.0540. The number of carbonyl (C=O) groups excluding carboxylic acids is 1. The highest BCUT2D eigenvalue weighted by molar-refractivity contribution is 7.10. The van der Waals surface area contributed by atoms with E-state index in [2.05, 4.69) is 29.5 Å². The van der Waals surface area contributed by atoms with Crippen LogP contribution in [0, 0.1) is 0 Å². The highest BCUT2D eigenvalue weighted by atomic mass is 32.1. The van der Waals surface area contributed by atoms with Gasteiger partial charge in [0.1, 0.15) is 5.01 Å². The number of nitrogens with zero attached hydrogens (tertiary/aromatic N) is 1. The van der Waals surface area contributed by atoms with Gasteiger partial charge in [0.25, 0.3) is 0 Å². The minimum Gasteiger partial charge on any atom is -0.481 e. The number of benzene rings is 2. The lowest BCUT2D eigenvalue weighted by Crippen LogP contribution is -2.14. The molecule has 0 spiro atoms. The second-order valence-electron chi connectivity index (χ2n) is 7.34. The van der Waals surface area contributed by atoms with Crippen molar-refractivity contribution < 1.29 is 14.7 Å². The van der Waals surface area contributed by atoms with E-state index in [-0.39, 0.29) is 18.7 Å². The van der Waals surface area contributed by atoms with Crippen molar-refractivity contribution in [3.63, 3.8) is 0 Å². The Labute approximate surface area is 180 Å². The zero-order valence-electron chi connectivity index (χ0n) is 17.0. The number of anilines is 1. The van der Waals surface area contributed by atoms with E-state index >= 15 is 0 Å². The minimum atomic E-state index is -0.889. The normalized spacial score (nSPS) is 11.2. The van der Waals surface area contributed by atoms with E-state index in [1.54, 1.807) is 29.5 Å². The Bertz CT molecular complexity index is 1070. The average Bonchev–Trinajstić information content (AvgIpc) is 3.16. The maximum absolute atomic E-state index is 12.4. The van der Waals surface area contributed by atoms with Gasteiger partial charge in [0.2, 0.25) is 5.91 Å². The molecule has 6 heteroatoms. The number of amides is 1. The first kappa shape index (κ1) is 21.5. The molecule has 1 amide bonds. The first-order valence-corrected chi connectivity index (χ1v) is 10.6. The second kappa shape index (κ2) is 9.98. The van der Waals surface area contributed by atoms with E-state index in [0.717, 1.165) is 21.8 Å². The number of hydrogen-bond acceptors (Lipinski definition) is 4. The summed E-state index contributed by atoms with van der Waals surface area (Å²) >= 11 is 1.61. The van der Waals surface area contributed by atoms with Gasteiger partial charge in [-0.15, -0.1) is 11.3 Å². The Morgan fingerprint density at radius 2 is 1.80 bits per heavy atom. The fourth-order valence-electron chi connectivity index (χ4n) is 2.94. The molecule has 2 N–H and O–H groups in total. The summed E-state index contributed by atoms with van der Waals surface area (Å²) in [5, 5.41) is 14.8. The molecule has 0 unspecified atom stereocenters. The number of hydrogen-bond donors (Lipinski definition) is 2. The lowest BCUT2D eigenvalue weighted by Gasteiger charge is -2.07. The van der Waals surface area contributed by atoms with Gasteiger partial charge in [0.05, 0.1) is 18.5 Å². The molecule has 1 heterocycles. The van der Waals surface area contributed by atoms with Crippen LogP contribution in [-0.4, -0.2) is 22.0 Å². The molecular formula is C24H24N2O3S. The SMILES string of the molecule is CC(C)c1csc(/C=C/c2cccc(NC(=O)Cc3cccc(CC(=O)O)c3)c2)n1. The summed E-state index contributed by atoms with van der Waals surface area (Å²) in [5.74, 6) is -0.628. The number of aliphatic carboxylic acids is 1. The highest BCUT2D eigenvalue weighted by Crippen LogP contribution is 2.20. The Morgan fingerprint density at radius 1 is 1.07 bits per heavy atom. The quantitative estimate of drug-likeness (QED) is 0.522. The number of carbonyl (C=O) groups is 2. The summed E-state index contributed by atoms with van der Waals surface area (Å²) < 4.78 is 0. The van der Waals surface area contributed by atoms with E-state index < -0.39 is 5.97 Å². The Morgan fingerprint density at radius 3 is 2.50 bits per heavy atom. The van der Waals surface area contributed by atoms with E-state index in [1.807, 2.05) is 42.5 Å². The molecule has 0 aliphatic heterocycles. The predicted molar refractivity (Wildman–Crippen MR) is 122 cm³/mol. The number of carboxylic acid groups (broad SMARTS) is 1. The van der Waals surface area contributed by atoms with Crippen molar-refractivity contribution in [2.45, 2.75) is 32.6 Å². The van der Waals surface area contributed by atoms with Gasteiger partial charge in [-0.05, 0) is 40.8 Å². The van der Waals surface area contributed by atoms with E-state index in [4.69, 9.17) is 5.11 Å². The monoisotopic (exact) mass is 420 g/mol. The van der Waals surface area contributed by atoms with Crippen LogP contribution in [-0.2, 0) is 22.4 Å². The lowest BCUT2D eigenvalue weighted by atomic mass is 10.1. The van der Waals surface area contributed by atoms with Gasteiger partial charge in [-0.2, -0.15) is 0 Å². The van der Waals surface area contributed by atoms with Crippen molar-refractivity contribution in [1.82, 2.24) is 4.98 Å². The maximum Gasteiger partial charge on any atom is 0.307 e. The van der Waals surface area contributed by atoms with Gasteiger partial charge in [0.15, 0.2) is 0 Å². The van der Waals surface area contributed by atoms with Crippen LogP contribution >= 0.6 is 11.3 Å². The molecule has 3 aromatic rings. The third-order valence-electron chi connectivity index (χ3n) is 4.43. The van der Waals surface area contributed by atoms with Crippen molar-refractivity contribution in [2.24, 2.45) is 0 Å². The number of thiazole rings is 1. The Balaban J connectivity index is 1.62. The molecule has 30 heavy (non-hydrogen) atoms. The smallest absolute Gasteiger partial charge is 0.307 e. The molecule has 0 atom stereocenters. The summed E-state index contributed by atoms with van der Waals surface area (Å²) in [7, 11) is 0. The summed E-state index contributed by atoms with van der Waals surface area (Å²) in [6, 6.07) is 14.7. The van der Waals surface area contributed by atoms with Gasteiger partial charge in [-0.1, -0.05) is 56.3 Å². The third-order valence-corrected chi connectivity index (χ3v) is 5.26. The summed E-state index contributed by atoms with van der Waals surface area (Å²) in [4.78, 5) is 27.9. The molecule has 0 aliphatic rings.